The molecular formula is C11H11BrFN5OS. The van der Waals surface area contributed by atoms with Gasteiger partial charge in [0.05, 0.1) is 10.2 Å². The van der Waals surface area contributed by atoms with Crippen LogP contribution in [0.1, 0.15) is 5.69 Å². The fourth-order valence-electron chi connectivity index (χ4n) is 1.33. The summed E-state index contributed by atoms with van der Waals surface area (Å²) in [7, 11) is 0. The van der Waals surface area contributed by atoms with Gasteiger partial charge in [0.1, 0.15) is 5.82 Å². The number of nitrogens with zero attached hydrogens (tertiary/aromatic N) is 3. The van der Waals surface area contributed by atoms with E-state index >= 15 is 0 Å². The largest absolute Gasteiger partial charge is 0.382 e. The van der Waals surface area contributed by atoms with Crippen LogP contribution in [0.5, 0.6) is 0 Å². The van der Waals surface area contributed by atoms with Gasteiger partial charge in [0.2, 0.25) is 0 Å². The van der Waals surface area contributed by atoms with Gasteiger partial charge < -0.3 is 11.5 Å². The molecule has 2 aromatic rings. The van der Waals surface area contributed by atoms with Gasteiger partial charge in [-0.05, 0) is 44.4 Å². The average molecular weight is 360 g/mol. The van der Waals surface area contributed by atoms with E-state index in [4.69, 9.17) is 11.5 Å². The molecule has 0 atom stereocenters. The van der Waals surface area contributed by atoms with Crippen LogP contribution in [0.2, 0.25) is 0 Å². The van der Waals surface area contributed by atoms with Crippen LogP contribution in [0.3, 0.4) is 0 Å². The summed E-state index contributed by atoms with van der Waals surface area (Å²) in [5, 5.41) is 7.98. The fourth-order valence-corrected chi connectivity index (χ4v) is 2.38. The second-order valence-corrected chi connectivity index (χ2v) is 5.59. The fraction of sp³-hybridized carbons (Fsp3) is 0.182. The Labute approximate surface area is 126 Å². The molecule has 2 rings (SSSR count). The van der Waals surface area contributed by atoms with Crippen LogP contribution in [0, 0.1) is 5.82 Å². The van der Waals surface area contributed by atoms with E-state index in [-0.39, 0.29) is 11.7 Å². The Morgan fingerprint density at radius 1 is 1.45 bits per heavy atom. The lowest BCUT2D eigenvalue weighted by molar-refractivity contribution is 0.298. The molecule has 0 amide bonds. The number of nitrogens with two attached hydrogens (primary N) is 2. The standard InChI is InChI=1S/C11H11BrFN5OS/c12-7-5-6(1-2-8(7)13)16-10(15)9-11(18-19-17-9)20-4-3-14/h1-2,5H,3-4,14H2,(H2,15,16). The van der Waals surface area contributed by atoms with Gasteiger partial charge in [-0.1, -0.05) is 11.8 Å². The van der Waals surface area contributed by atoms with Crippen LogP contribution >= 0.6 is 27.7 Å². The van der Waals surface area contributed by atoms with E-state index in [0.29, 0.717) is 33.2 Å². The molecular weight excluding hydrogens is 349 g/mol. The summed E-state index contributed by atoms with van der Waals surface area (Å²) in [6.07, 6.45) is 0. The summed E-state index contributed by atoms with van der Waals surface area (Å²) in [4.78, 5) is 4.16. The third-order valence-electron chi connectivity index (χ3n) is 2.21. The minimum absolute atomic E-state index is 0.143. The van der Waals surface area contributed by atoms with Crippen molar-refractivity contribution < 1.29 is 9.02 Å². The normalized spacial score (nSPS) is 11.8. The third kappa shape index (κ3) is 3.56. The molecule has 20 heavy (non-hydrogen) atoms. The van der Waals surface area contributed by atoms with Crippen molar-refractivity contribution in [3.8, 4) is 0 Å². The summed E-state index contributed by atoms with van der Waals surface area (Å²) in [6, 6.07) is 4.32. The smallest absolute Gasteiger partial charge is 0.183 e. The summed E-state index contributed by atoms with van der Waals surface area (Å²) in [5.74, 6) is 0.436. The van der Waals surface area contributed by atoms with Gasteiger partial charge in [0.15, 0.2) is 16.6 Å². The van der Waals surface area contributed by atoms with Crippen molar-refractivity contribution in [2.75, 3.05) is 12.3 Å². The maximum absolute atomic E-state index is 13.1. The second-order valence-electron chi connectivity index (χ2n) is 3.65. The summed E-state index contributed by atoms with van der Waals surface area (Å²) >= 11 is 4.46. The average Bonchev–Trinajstić information content (AvgIpc) is 2.89. The monoisotopic (exact) mass is 359 g/mol. The molecule has 6 nitrogen and oxygen atoms in total. The van der Waals surface area contributed by atoms with Crippen LogP contribution in [0.15, 0.2) is 37.3 Å². The molecule has 0 aliphatic heterocycles. The molecule has 0 unspecified atom stereocenters. The molecule has 0 fully saturated rings. The van der Waals surface area contributed by atoms with Gasteiger partial charge in [-0.15, -0.1) is 0 Å². The van der Waals surface area contributed by atoms with Gasteiger partial charge >= 0.3 is 0 Å². The number of amidine groups is 1. The highest BCUT2D eigenvalue weighted by Crippen LogP contribution is 2.23. The highest BCUT2D eigenvalue weighted by atomic mass is 79.9. The van der Waals surface area contributed by atoms with Crippen LogP contribution < -0.4 is 11.5 Å². The molecule has 106 valence electrons. The predicted molar refractivity (Wildman–Crippen MR) is 78.6 cm³/mol. The second kappa shape index (κ2) is 6.82. The molecule has 0 saturated carbocycles. The maximum Gasteiger partial charge on any atom is 0.183 e. The summed E-state index contributed by atoms with van der Waals surface area (Å²) < 4.78 is 18.1. The van der Waals surface area contributed by atoms with E-state index in [1.54, 1.807) is 0 Å². The highest BCUT2D eigenvalue weighted by Gasteiger charge is 2.14. The molecule has 0 spiro atoms. The molecule has 4 N–H and O–H groups in total. The first-order valence-corrected chi connectivity index (χ1v) is 7.34. The Bertz CT molecular complexity index is 633. The Balaban J connectivity index is 2.25. The number of rotatable bonds is 5. The van der Waals surface area contributed by atoms with Gasteiger partial charge in [-0.3, -0.25) is 0 Å². The lowest BCUT2D eigenvalue weighted by Gasteiger charge is -2.00. The van der Waals surface area contributed by atoms with Crippen molar-refractivity contribution in [3.05, 3.63) is 34.2 Å². The minimum Gasteiger partial charge on any atom is -0.382 e. The number of aliphatic imine (C=N–C) groups is 1. The van der Waals surface area contributed by atoms with Crippen LogP contribution in [-0.4, -0.2) is 28.4 Å². The Kier molecular flexibility index (Phi) is 5.10. The van der Waals surface area contributed by atoms with Gasteiger partial charge in [-0.25, -0.2) is 14.0 Å². The topological polar surface area (TPSA) is 103 Å². The van der Waals surface area contributed by atoms with Crippen molar-refractivity contribution in [2.24, 2.45) is 16.5 Å². The quantitative estimate of drug-likeness (QED) is 0.481. The Morgan fingerprint density at radius 3 is 2.95 bits per heavy atom. The molecule has 0 aliphatic rings. The highest BCUT2D eigenvalue weighted by molar-refractivity contribution is 9.10. The van der Waals surface area contributed by atoms with Gasteiger partial charge in [-0.2, -0.15) is 0 Å². The molecule has 0 saturated heterocycles. The Hall–Kier alpha value is -1.45. The van der Waals surface area contributed by atoms with E-state index < -0.39 is 0 Å². The number of benzene rings is 1. The lowest BCUT2D eigenvalue weighted by atomic mass is 10.3. The van der Waals surface area contributed by atoms with Gasteiger partial charge in [0, 0.05) is 12.3 Å². The van der Waals surface area contributed by atoms with Crippen molar-refractivity contribution in [3.63, 3.8) is 0 Å². The van der Waals surface area contributed by atoms with Crippen molar-refractivity contribution in [1.29, 1.82) is 0 Å². The SMILES string of the molecule is NCCSc1nonc1C(N)=Nc1ccc(F)c(Br)c1. The van der Waals surface area contributed by atoms with Crippen molar-refractivity contribution >= 4 is 39.2 Å². The first-order valence-electron chi connectivity index (χ1n) is 5.57. The van der Waals surface area contributed by atoms with E-state index in [9.17, 15) is 4.39 Å². The molecule has 0 aliphatic carbocycles. The van der Waals surface area contributed by atoms with Crippen LogP contribution in [0.4, 0.5) is 10.1 Å². The number of hydrogen-bond acceptors (Lipinski definition) is 6. The third-order valence-corrected chi connectivity index (χ3v) is 3.80. The number of aromatic nitrogens is 2. The maximum atomic E-state index is 13.1. The molecule has 1 aromatic carbocycles. The number of halogens is 2. The van der Waals surface area contributed by atoms with E-state index in [2.05, 4.69) is 35.9 Å². The zero-order chi connectivity index (χ0) is 14.5. The number of thioether (sulfide) groups is 1. The van der Waals surface area contributed by atoms with Gasteiger partial charge in [0.25, 0.3) is 0 Å². The molecule has 1 heterocycles. The molecule has 0 bridgehead atoms. The minimum atomic E-state index is -0.371. The molecule has 9 heteroatoms. The molecule has 1 aromatic heterocycles. The van der Waals surface area contributed by atoms with Crippen LogP contribution in [-0.2, 0) is 0 Å². The Morgan fingerprint density at radius 2 is 2.25 bits per heavy atom. The first kappa shape index (κ1) is 14.9. The van der Waals surface area contributed by atoms with Crippen LogP contribution in [0.25, 0.3) is 0 Å². The van der Waals surface area contributed by atoms with Crippen molar-refractivity contribution in [1.82, 2.24) is 10.3 Å². The van der Waals surface area contributed by atoms with Crippen molar-refractivity contribution in [2.45, 2.75) is 5.03 Å². The molecule has 0 radical (unpaired) electrons. The lowest BCUT2D eigenvalue weighted by Crippen LogP contribution is -2.14. The summed E-state index contributed by atoms with van der Waals surface area (Å²) in [5.41, 5.74) is 12.1. The number of hydrogen-bond donors (Lipinski definition) is 2. The van der Waals surface area contributed by atoms with E-state index in [1.807, 2.05) is 0 Å². The zero-order valence-electron chi connectivity index (χ0n) is 10.2. The van der Waals surface area contributed by atoms with E-state index in [0.717, 1.165) is 0 Å². The van der Waals surface area contributed by atoms with E-state index in [1.165, 1.54) is 30.0 Å². The predicted octanol–water partition coefficient (Wildman–Crippen LogP) is 2.06. The summed E-state index contributed by atoms with van der Waals surface area (Å²) in [6.45, 7) is 0.499. The first-order chi connectivity index (χ1) is 9.61. The zero-order valence-corrected chi connectivity index (χ0v) is 12.6.